The van der Waals surface area contributed by atoms with E-state index in [1.807, 2.05) is 41.5 Å². The van der Waals surface area contributed by atoms with Crippen molar-refractivity contribution in [3.05, 3.63) is 11.1 Å². The summed E-state index contributed by atoms with van der Waals surface area (Å²) in [4.78, 5) is 41.0. The molecule has 3 fully saturated rings. The molecule has 1 aliphatic heterocycles. The molecule has 4 rings (SSSR count). The Bertz CT molecular complexity index is 1230. The van der Waals surface area contributed by atoms with Crippen molar-refractivity contribution in [3.63, 3.8) is 0 Å². The van der Waals surface area contributed by atoms with E-state index in [9.17, 15) is 24.6 Å². The van der Waals surface area contributed by atoms with Gasteiger partial charge in [0.05, 0.1) is 24.2 Å². The van der Waals surface area contributed by atoms with Gasteiger partial charge in [-0.3, -0.25) is 9.59 Å². The maximum Gasteiger partial charge on any atom is 0.407 e. The largest absolute Gasteiger partial charge is 0.457 e. The lowest BCUT2D eigenvalue weighted by Crippen LogP contribution is -2.73. The van der Waals surface area contributed by atoms with E-state index in [1.165, 1.54) is 0 Å². The number of hydrogen-bond acceptors (Lipinski definition) is 8. The van der Waals surface area contributed by atoms with Crippen LogP contribution in [-0.2, 0) is 23.8 Å². The molecule has 0 radical (unpaired) electrons. The van der Waals surface area contributed by atoms with Crippen molar-refractivity contribution in [2.45, 2.75) is 145 Å². The molecule has 1 amide bonds. The van der Waals surface area contributed by atoms with Crippen LogP contribution >= 0.6 is 0 Å². The van der Waals surface area contributed by atoms with Crippen LogP contribution in [0.4, 0.5) is 4.79 Å². The molecule has 3 aliphatic carbocycles. The van der Waals surface area contributed by atoms with E-state index in [0.29, 0.717) is 24.2 Å². The predicted octanol–water partition coefficient (Wildman–Crippen LogP) is 5.60. The Morgan fingerprint density at radius 1 is 1.11 bits per heavy atom. The quantitative estimate of drug-likeness (QED) is 0.255. The number of ketones is 1. The van der Waals surface area contributed by atoms with E-state index in [-0.39, 0.29) is 47.4 Å². The lowest BCUT2D eigenvalue weighted by Gasteiger charge is -2.69. The summed E-state index contributed by atoms with van der Waals surface area (Å²) in [6, 6.07) is -0.542. The minimum Gasteiger partial charge on any atom is -0.457 e. The Labute approximate surface area is 270 Å². The van der Waals surface area contributed by atoms with E-state index >= 15 is 0 Å². The van der Waals surface area contributed by atoms with Gasteiger partial charge >= 0.3 is 12.1 Å². The lowest BCUT2D eigenvalue weighted by atomic mass is 9.39. The average molecular weight is 634 g/mol. The summed E-state index contributed by atoms with van der Waals surface area (Å²) in [5.74, 6) is -1.99. The average Bonchev–Trinajstić information content (AvgIpc) is 2.89. The summed E-state index contributed by atoms with van der Waals surface area (Å²) in [5, 5.41) is 27.8. The normalized spacial score (nSPS) is 40.7. The molecule has 2 bridgehead atoms. The number of Topliss-reactive ketones (excluding diaryl/α,β-unsaturated/α-hetero) is 1. The van der Waals surface area contributed by atoms with Gasteiger partial charge in [0.1, 0.15) is 17.8 Å². The van der Waals surface area contributed by atoms with Crippen molar-refractivity contribution >= 4 is 17.8 Å². The van der Waals surface area contributed by atoms with Gasteiger partial charge in [0.15, 0.2) is 5.78 Å². The van der Waals surface area contributed by atoms with Crippen molar-refractivity contribution in [1.29, 1.82) is 0 Å². The maximum atomic E-state index is 14.5. The second-order valence-electron chi connectivity index (χ2n) is 17.2. The molecule has 1 unspecified atom stereocenters. The molecule has 3 N–H and O–H groups in total. The number of aliphatic hydroxyl groups excluding tert-OH is 1. The minimum atomic E-state index is -1.45. The highest BCUT2D eigenvalue weighted by Crippen LogP contribution is 2.68. The van der Waals surface area contributed by atoms with Crippen LogP contribution in [-0.4, -0.2) is 70.2 Å². The zero-order chi connectivity index (χ0) is 34.2. The van der Waals surface area contributed by atoms with Gasteiger partial charge in [-0.15, -0.1) is 0 Å². The molecule has 0 aromatic rings. The number of carbonyl (C=O) groups is 3. The van der Waals surface area contributed by atoms with E-state index in [2.05, 4.69) is 19.2 Å². The van der Waals surface area contributed by atoms with Gasteiger partial charge in [-0.25, -0.2) is 4.79 Å². The number of amides is 1. The molecule has 1 saturated heterocycles. The molecule has 2 saturated carbocycles. The van der Waals surface area contributed by atoms with Crippen molar-refractivity contribution in [2.24, 2.45) is 45.8 Å². The number of fused-ring (bicyclic) bond motifs is 5. The zero-order valence-corrected chi connectivity index (χ0v) is 29.9. The maximum absolute atomic E-state index is 14.5. The van der Waals surface area contributed by atoms with E-state index in [4.69, 9.17) is 14.2 Å². The van der Waals surface area contributed by atoms with E-state index in [1.54, 1.807) is 34.6 Å². The molecular weight excluding hydrogens is 574 g/mol. The predicted molar refractivity (Wildman–Crippen MR) is 171 cm³/mol. The van der Waals surface area contributed by atoms with Gasteiger partial charge in [0.2, 0.25) is 0 Å². The van der Waals surface area contributed by atoms with Gasteiger partial charge in [-0.2, -0.15) is 0 Å². The summed E-state index contributed by atoms with van der Waals surface area (Å²) in [5.41, 5.74) is -3.25. The fourth-order valence-corrected chi connectivity index (χ4v) is 9.64. The first-order chi connectivity index (χ1) is 20.4. The van der Waals surface area contributed by atoms with Crippen LogP contribution in [0.3, 0.4) is 0 Å². The first-order valence-electron chi connectivity index (χ1n) is 16.9. The minimum absolute atomic E-state index is 0.0192. The molecule has 4 aliphatic rings. The highest BCUT2D eigenvalue weighted by atomic mass is 16.6. The van der Waals surface area contributed by atoms with Gasteiger partial charge in [-0.05, 0) is 82.3 Å². The number of esters is 1. The molecule has 11 atom stereocenters. The Balaban J connectivity index is 1.73. The third kappa shape index (κ3) is 5.67. The van der Waals surface area contributed by atoms with Gasteiger partial charge in [0.25, 0.3) is 0 Å². The van der Waals surface area contributed by atoms with Gasteiger partial charge < -0.3 is 29.7 Å². The number of nitrogens with one attached hydrogen (secondary N) is 1. The van der Waals surface area contributed by atoms with Crippen LogP contribution in [0, 0.1) is 45.8 Å². The Morgan fingerprint density at radius 2 is 1.71 bits per heavy atom. The first kappa shape index (κ1) is 35.9. The fourth-order valence-electron chi connectivity index (χ4n) is 9.64. The van der Waals surface area contributed by atoms with Crippen molar-refractivity contribution in [2.75, 3.05) is 6.61 Å². The molecule has 45 heavy (non-hydrogen) atoms. The van der Waals surface area contributed by atoms with Crippen LogP contribution < -0.4 is 5.32 Å². The van der Waals surface area contributed by atoms with Crippen molar-refractivity contribution < 1.29 is 38.8 Å². The zero-order valence-electron chi connectivity index (χ0n) is 29.9. The second kappa shape index (κ2) is 11.6. The third-order valence-electron chi connectivity index (χ3n) is 12.4. The third-order valence-corrected chi connectivity index (χ3v) is 12.4. The second-order valence-corrected chi connectivity index (χ2v) is 17.2. The Morgan fingerprint density at radius 3 is 2.22 bits per heavy atom. The molecular formula is C36H59NO8. The number of ether oxygens (including phenoxy) is 3. The Hall–Kier alpha value is -1.97. The van der Waals surface area contributed by atoms with Crippen LogP contribution in [0.5, 0.6) is 0 Å². The van der Waals surface area contributed by atoms with Crippen LogP contribution in [0.25, 0.3) is 0 Å². The number of hydrogen-bond donors (Lipinski definition) is 3. The van der Waals surface area contributed by atoms with E-state index in [0.717, 1.165) is 6.42 Å². The molecule has 0 aromatic heterocycles. The Kier molecular flexibility index (Phi) is 9.26. The number of rotatable bonds is 6. The van der Waals surface area contributed by atoms with Crippen LogP contribution in [0.2, 0.25) is 0 Å². The van der Waals surface area contributed by atoms with Gasteiger partial charge in [0, 0.05) is 28.7 Å². The number of carbonyl (C=O) groups excluding carboxylic acids is 3. The summed E-state index contributed by atoms with van der Waals surface area (Å²) in [7, 11) is 0. The number of alkyl carbamates (subject to hydrolysis) is 1. The van der Waals surface area contributed by atoms with Crippen LogP contribution in [0.1, 0.15) is 109 Å². The van der Waals surface area contributed by atoms with Crippen LogP contribution in [0.15, 0.2) is 11.1 Å². The smallest absolute Gasteiger partial charge is 0.407 e. The summed E-state index contributed by atoms with van der Waals surface area (Å²) < 4.78 is 17.7. The summed E-state index contributed by atoms with van der Waals surface area (Å²) in [6.45, 7) is 25.4. The van der Waals surface area contributed by atoms with Crippen molar-refractivity contribution in [3.8, 4) is 0 Å². The molecule has 0 aromatic carbocycles. The molecule has 256 valence electrons. The molecule has 1 heterocycles. The molecule has 0 spiro atoms. The fraction of sp³-hybridized carbons (Fsp3) is 0.861. The summed E-state index contributed by atoms with van der Waals surface area (Å²) >= 11 is 0. The summed E-state index contributed by atoms with van der Waals surface area (Å²) in [6.07, 6.45) is -1.54. The SMILES string of the molecule is CC1=C2[C@@H](O)C(=O)[C@@]3(C)[C@H]([C@H](C)[C@](O)(CC1OC(=O)[C@H](C)[C@H](CC(C)C)NC(=O)OC(C)(C)C)C2(C)C)[C@]1(C)CO[C@@H]1C[C@@H]3C. The highest BCUT2D eigenvalue weighted by molar-refractivity contribution is 5.93. The standard InChI is InChI=1S/C36H59NO8/c1-18(2)14-23(37-31(41)45-32(7,8)9)20(4)30(40)44-24-16-36(42)22(6)28-34(12)17-43-25(34)15-19(3)35(28,13)29(39)27(38)26(21(24)5)33(36,10)11/h18-20,22-25,27-28,38,42H,14-17H2,1-13H3,(H,37,41)/t19-,20+,22-,23-,24?,25+,27+,28+,34+,35+,36+/m0/s1. The van der Waals surface area contributed by atoms with E-state index < -0.39 is 58.3 Å². The van der Waals surface area contributed by atoms with Crippen molar-refractivity contribution in [1.82, 2.24) is 5.32 Å². The monoisotopic (exact) mass is 633 g/mol. The van der Waals surface area contributed by atoms with Gasteiger partial charge in [-0.1, -0.05) is 55.4 Å². The lowest BCUT2D eigenvalue weighted by molar-refractivity contribution is -0.293. The number of aliphatic hydroxyl groups is 2. The first-order valence-corrected chi connectivity index (χ1v) is 16.9. The molecule has 9 heteroatoms. The molecule has 9 nitrogen and oxygen atoms in total. The highest BCUT2D eigenvalue weighted by Gasteiger charge is 2.72. The topological polar surface area (TPSA) is 131 Å².